The van der Waals surface area contributed by atoms with Gasteiger partial charge in [0, 0.05) is 17.3 Å². The third-order valence-electron chi connectivity index (χ3n) is 4.21. The van der Waals surface area contributed by atoms with Crippen LogP contribution in [-0.2, 0) is 12.8 Å². The van der Waals surface area contributed by atoms with Crippen LogP contribution in [0.2, 0.25) is 0 Å². The second-order valence-corrected chi connectivity index (χ2v) is 6.86. The van der Waals surface area contributed by atoms with E-state index in [0.29, 0.717) is 0 Å². The van der Waals surface area contributed by atoms with Crippen molar-refractivity contribution in [2.75, 3.05) is 0 Å². The molecular weight excluding hydrogens is 280 g/mol. The van der Waals surface area contributed by atoms with Crippen molar-refractivity contribution in [2.24, 2.45) is 0 Å². The predicted octanol–water partition coefficient (Wildman–Crippen LogP) is 3.32. The first-order valence-electron chi connectivity index (χ1n) is 7.58. The molecule has 0 saturated carbocycles. The minimum atomic E-state index is -0.344. The molecule has 0 bridgehead atoms. The van der Waals surface area contributed by atoms with E-state index in [0.717, 1.165) is 18.5 Å². The lowest BCUT2D eigenvalue weighted by molar-refractivity contribution is 0.136. The maximum Gasteiger partial charge on any atom is 0.0928 e. The zero-order valence-corrected chi connectivity index (χ0v) is 13.6. The van der Waals surface area contributed by atoms with E-state index in [1.165, 1.54) is 21.0 Å². The van der Waals surface area contributed by atoms with E-state index in [9.17, 15) is 5.11 Å². The van der Waals surface area contributed by atoms with Gasteiger partial charge in [0.05, 0.1) is 22.8 Å². The third kappa shape index (κ3) is 2.76. The average molecular weight is 302 g/mol. The van der Waals surface area contributed by atoms with E-state index in [-0.39, 0.29) is 18.2 Å². The van der Waals surface area contributed by atoms with Crippen LogP contribution >= 0.6 is 11.3 Å². The molecule has 3 unspecified atom stereocenters. The summed E-state index contributed by atoms with van der Waals surface area (Å²) in [5.41, 5.74) is 3.59. The van der Waals surface area contributed by atoms with Gasteiger partial charge >= 0.3 is 0 Å². The van der Waals surface area contributed by atoms with Crippen LogP contribution in [0.25, 0.3) is 0 Å². The quantitative estimate of drug-likeness (QED) is 0.910. The first-order valence-corrected chi connectivity index (χ1v) is 8.40. The van der Waals surface area contributed by atoms with Gasteiger partial charge in [-0.15, -0.1) is 11.3 Å². The topological polar surface area (TPSA) is 45.2 Å². The van der Waals surface area contributed by atoms with Crippen LogP contribution in [0.1, 0.15) is 52.6 Å². The molecule has 0 radical (unpaired) electrons. The number of nitrogens with zero attached hydrogens (tertiary/aromatic N) is 1. The molecule has 1 aromatic heterocycles. The van der Waals surface area contributed by atoms with Gasteiger partial charge in [0.25, 0.3) is 0 Å². The van der Waals surface area contributed by atoms with Crippen molar-refractivity contribution in [3.63, 3.8) is 0 Å². The first-order chi connectivity index (χ1) is 10.1. The molecule has 3 atom stereocenters. The molecule has 0 amide bonds. The summed E-state index contributed by atoms with van der Waals surface area (Å²) in [5, 5.41) is 15.1. The Morgan fingerprint density at radius 3 is 2.90 bits per heavy atom. The molecule has 3 nitrogen and oxygen atoms in total. The second kappa shape index (κ2) is 5.87. The number of hydrogen-bond acceptors (Lipinski definition) is 4. The summed E-state index contributed by atoms with van der Waals surface area (Å²) >= 11 is 1.78. The highest BCUT2D eigenvalue weighted by Crippen LogP contribution is 2.34. The lowest BCUT2D eigenvalue weighted by Crippen LogP contribution is -2.30. The van der Waals surface area contributed by atoms with E-state index < -0.39 is 0 Å². The molecular formula is C17H22N2OS. The standard InChI is InChI=1S/C17H22N2OS/c1-4-15-18-10(2)17(21-15)11(3)19-16-13-8-6-5-7-12(13)9-14(16)20/h5-8,11,14,16,19-20H,4,9H2,1-3H3. The maximum absolute atomic E-state index is 10.4. The minimum Gasteiger partial charge on any atom is -0.391 e. The fourth-order valence-corrected chi connectivity index (χ4v) is 4.16. The predicted molar refractivity (Wildman–Crippen MR) is 86.7 cm³/mol. The molecule has 2 N–H and O–H groups in total. The van der Waals surface area contributed by atoms with Gasteiger partial charge in [-0.3, -0.25) is 0 Å². The number of aliphatic hydroxyl groups is 1. The van der Waals surface area contributed by atoms with Gasteiger partial charge in [-0.2, -0.15) is 0 Å². The van der Waals surface area contributed by atoms with E-state index >= 15 is 0 Å². The summed E-state index contributed by atoms with van der Waals surface area (Å²) in [6.45, 7) is 6.37. The molecule has 1 aliphatic rings. The Hall–Kier alpha value is -1.23. The smallest absolute Gasteiger partial charge is 0.0928 e. The van der Waals surface area contributed by atoms with E-state index in [4.69, 9.17) is 0 Å². The second-order valence-electron chi connectivity index (χ2n) is 5.75. The Kier molecular flexibility index (Phi) is 4.11. The van der Waals surface area contributed by atoms with Gasteiger partial charge in [0.2, 0.25) is 0 Å². The molecule has 21 heavy (non-hydrogen) atoms. The molecule has 112 valence electrons. The molecule has 0 aliphatic heterocycles. The molecule has 1 aliphatic carbocycles. The minimum absolute atomic E-state index is 0.0165. The number of thiazole rings is 1. The lowest BCUT2D eigenvalue weighted by atomic mass is 10.1. The fourth-order valence-electron chi connectivity index (χ4n) is 3.14. The average Bonchev–Trinajstić information content (AvgIpc) is 3.00. The maximum atomic E-state index is 10.4. The lowest BCUT2D eigenvalue weighted by Gasteiger charge is -2.22. The summed E-state index contributed by atoms with van der Waals surface area (Å²) < 4.78 is 0. The van der Waals surface area contributed by atoms with Gasteiger partial charge in [-0.1, -0.05) is 31.2 Å². The number of rotatable bonds is 4. The summed E-state index contributed by atoms with van der Waals surface area (Å²) in [6.07, 6.45) is 1.37. The van der Waals surface area contributed by atoms with Gasteiger partial charge in [0.15, 0.2) is 0 Å². The van der Waals surface area contributed by atoms with Crippen molar-refractivity contribution < 1.29 is 5.11 Å². The van der Waals surface area contributed by atoms with E-state index in [1.807, 2.05) is 12.1 Å². The molecule has 4 heteroatoms. The van der Waals surface area contributed by atoms with Crippen LogP contribution in [-0.4, -0.2) is 16.2 Å². The van der Waals surface area contributed by atoms with Crippen LogP contribution < -0.4 is 5.32 Å². The molecule has 0 fully saturated rings. The Morgan fingerprint density at radius 1 is 1.43 bits per heavy atom. The molecule has 0 saturated heterocycles. The normalized spacial score (nSPS) is 22.3. The summed E-state index contributed by atoms with van der Waals surface area (Å²) in [4.78, 5) is 5.89. The Labute approximate surface area is 130 Å². The molecule has 3 rings (SSSR count). The first kappa shape index (κ1) is 14.7. The van der Waals surface area contributed by atoms with E-state index in [1.54, 1.807) is 11.3 Å². The highest BCUT2D eigenvalue weighted by atomic mass is 32.1. The number of hydrogen-bond donors (Lipinski definition) is 2. The zero-order chi connectivity index (χ0) is 15.0. The van der Waals surface area contributed by atoms with Crippen molar-refractivity contribution in [3.05, 3.63) is 51.0 Å². The van der Waals surface area contributed by atoms with Crippen molar-refractivity contribution in [1.82, 2.24) is 10.3 Å². The van der Waals surface area contributed by atoms with Crippen LogP contribution in [0.3, 0.4) is 0 Å². The van der Waals surface area contributed by atoms with Gasteiger partial charge in [0.1, 0.15) is 0 Å². The number of aromatic nitrogens is 1. The third-order valence-corrected chi connectivity index (χ3v) is 5.69. The fraction of sp³-hybridized carbons (Fsp3) is 0.471. The van der Waals surface area contributed by atoms with Crippen molar-refractivity contribution >= 4 is 11.3 Å². The SMILES string of the molecule is CCc1nc(C)c(C(C)NC2c3ccccc3CC2O)s1. The van der Waals surface area contributed by atoms with Gasteiger partial charge in [-0.25, -0.2) is 4.98 Å². The highest BCUT2D eigenvalue weighted by molar-refractivity contribution is 7.11. The highest BCUT2D eigenvalue weighted by Gasteiger charge is 2.32. The van der Waals surface area contributed by atoms with Crippen molar-refractivity contribution in [3.8, 4) is 0 Å². The van der Waals surface area contributed by atoms with E-state index in [2.05, 4.69) is 43.2 Å². The Bertz CT molecular complexity index is 637. The largest absolute Gasteiger partial charge is 0.391 e. The monoisotopic (exact) mass is 302 g/mol. The van der Waals surface area contributed by atoms with Crippen molar-refractivity contribution in [1.29, 1.82) is 0 Å². The Morgan fingerprint density at radius 2 is 2.19 bits per heavy atom. The number of fused-ring (bicyclic) bond motifs is 1. The molecule has 1 aromatic carbocycles. The Balaban J connectivity index is 1.81. The molecule has 1 heterocycles. The van der Waals surface area contributed by atoms with Crippen LogP contribution in [0.4, 0.5) is 0 Å². The summed E-state index contributed by atoms with van der Waals surface area (Å²) in [6, 6.07) is 8.53. The molecule has 2 aromatic rings. The zero-order valence-electron chi connectivity index (χ0n) is 12.8. The van der Waals surface area contributed by atoms with Crippen LogP contribution in [0.5, 0.6) is 0 Å². The number of nitrogens with one attached hydrogen (secondary N) is 1. The summed E-state index contributed by atoms with van der Waals surface area (Å²) in [7, 11) is 0. The van der Waals surface area contributed by atoms with Crippen LogP contribution in [0, 0.1) is 6.92 Å². The molecule has 0 spiro atoms. The number of aryl methyl sites for hydroxylation is 2. The van der Waals surface area contributed by atoms with Crippen LogP contribution in [0.15, 0.2) is 24.3 Å². The van der Waals surface area contributed by atoms with Gasteiger partial charge < -0.3 is 10.4 Å². The number of benzene rings is 1. The van der Waals surface area contributed by atoms with Gasteiger partial charge in [-0.05, 0) is 31.4 Å². The van der Waals surface area contributed by atoms with Crippen molar-refractivity contribution in [2.45, 2.75) is 51.8 Å². The summed E-state index contributed by atoms with van der Waals surface area (Å²) in [5.74, 6) is 0. The number of aliphatic hydroxyl groups excluding tert-OH is 1.